The van der Waals surface area contributed by atoms with Gasteiger partial charge in [-0.3, -0.25) is 4.90 Å². The van der Waals surface area contributed by atoms with Crippen molar-refractivity contribution in [1.29, 1.82) is 0 Å². The van der Waals surface area contributed by atoms with Crippen LogP contribution in [-0.2, 0) is 17.9 Å². The molecule has 1 aromatic heterocycles. The van der Waals surface area contributed by atoms with E-state index in [1.54, 1.807) is 6.26 Å². The van der Waals surface area contributed by atoms with Gasteiger partial charge < -0.3 is 14.3 Å². The molecule has 4 nitrogen and oxygen atoms in total. The van der Waals surface area contributed by atoms with Crippen molar-refractivity contribution < 1.29 is 14.3 Å². The molecule has 0 radical (unpaired) electrons. The van der Waals surface area contributed by atoms with Gasteiger partial charge in [0.15, 0.2) is 0 Å². The lowest BCUT2D eigenvalue weighted by Crippen LogP contribution is -2.40. The summed E-state index contributed by atoms with van der Waals surface area (Å²) in [4.78, 5) is 2.33. The molecule has 0 aliphatic carbocycles. The first-order chi connectivity index (χ1) is 12.0. The highest BCUT2D eigenvalue weighted by molar-refractivity contribution is 5.30. The Hall–Kier alpha value is -1.62. The largest absolute Gasteiger partial charge is 0.467 e. The minimum atomic E-state index is -0.519. The number of furan rings is 1. The lowest BCUT2D eigenvalue weighted by molar-refractivity contribution is -0.00275. The lowest BCUT2D eigenvalue weighted by atomic mass is 10.0. The summed E-state index contributed by atoms with van der Waals surface area (Å²) in [6, 6.07) is 10.7. The number of hydrogen-bond donors (Lipinski definition) is 1. The van der Waals surface area contributed by atoms with Gasteiger partial charge >= 0.3 is 0 Å². The van der Waals surface area contributed by atoms with E-state index in [0.29, 0.717) is 25.8 Å². The van der Waals surface area contributed by atoms with Crippen molar-refractivity contribution in [1.82, 2.24) is 4.90 Å². The minimum Gasteiger partial charge on any atom is -0.467 e. The maximum absolute atomic E-state index is 10.4. The molecule has 1 N–H and O–H groups in total. The van der Waals surface area contributed by atoms with Gasteiger partial charge in [0.25, 0.3) is 0 Å². The van der Waals surface area contributed by atoms with E-state index < -0.39 is 6.10 Å². The van der Waals surface area contributed by atoms with Gasteiger partial charge in [-0.05, 0) is 50.5 Å². The highest BCUT2D eigenvalue weighted by atomic mass is 16.5. The molecule has 25 heavy (non-hydrogen) atoms. The van der Waals surface area contributed by atoms with Crippen LogP contribution in [-0.4, -0.2) is 35.3 Å². The summed E-state index contributed by atoms with van der Waals surface area (Å²) in [7, 11) is 0. The molecule has 0 unspecified atom stereocenters. The number of benzene rings is 1. The van der Waals surface area contributed by atoms with E-state index >= 15 is 0 Å². The molecule has 0 bridgehead atoms. The third-order valence-electron chi connectivity index (χ3n) is 4.67. The van der Waals surface area contributed by atoms with Gasteiger partial charge in [-0.25, -0.2) is 0 Å². The monoisotopic (exact) mass is 345 g/mol. The van der Waals surface area contributed by atoms with Crippen LogP contribution in [0.5, 0.6) is 0 Å². The van der Waals surface area contributed by atoms with E-state index in [1.165, 1.54) is 16.7 Å². The Morgan fingerprint density at radius 3 is 2.68 bits per heavy atom. The van der Waals surface area contributed by atoms with Crippen LogP contribution in [0.15, 0.2) is 41.0 Å². The topological polar surface area (TPSA) is 45.8 Å². The predicted molar refractivity (Wildman–Crippen MR) is 100 cm³/mol. The maximum atomic E-state index is 10.4. The normalized spacial score (nSPS) is 14.0. The van der Waals surface area contributed by atoms with Crippen molar-refractivity contribution in [2.75, 3.05) is 13.2 Å². The Bertz CT molecular complexity index is 624. The first-order valence-electron chi connectivity index (χ1n) is 9.08. The molecule has 0 fully saturated rings. The zero-order valence-electron chi connectivity index (χ0n) is 15.9. The van der Waals surface area contributed by atoms with Gasteiger partial charge in [-0.1, -0.05) is 30.7 Å². The van der Waals surface area contributed by atoms with E-state index in [2.05, 4.69) is 50.8 Å². The van der Waals surface area contributed by atoms with Gasteiger partial charge in [0.2, 0.25) is 0 Å². The number of ether oxygens (including phenoxy) is 1. The Kier molecular flexibility index (Phi) is 7.69. The second-order valence-corrected chi connectivity index (χ2v) is 6.86. The van der Waals surface area contributed by atoms with Crippen LogP contribution >= 0.6 is 0 Å². The van der Waals surface area contributed by atoms with Gasteiger partial charge in [0.05, 0.1) is 19.0 Å². The Morgan fingerprint density at radius 2 is 2.04 bits per heavy atom. The molecule has 0 amide bonds. The zero-order chi connectivity index (χ0) is 18.2. The van der Waals surface area contributed by atoms with Crippen molar-refractivity contribution in [2.45, 2.75) is 59.4 Å². The lowest BCUT2D eigenvalue weighted by Gasteiger charge is -2.31. The second-order valence-electron chi connectivity index (χ2n) is 6.86. The number of nitrogens with zero attached hydrogens (tertiary/aromatic N) is 1. The van der Waals surface area contributed by atoms with Crippen molar-refractivity contribution in [2.24, 2.45) is 0 Å². The second kappa shape index (κ2) is 9.76. The number of aryl methyl sites for hydroxylation is 2. The van der Waals surface area contributed by atoms with Crippen LogP contribution in [0.2, 0.25) is 0 Å². The number of aliphatic hydroxyl groups excluding tert-OH is 1. The van der Waals surface area contributed by atoms with Crippen LogP contribution in [0.4, 0.5) is 0 Å². The van der Waals surface area contributed by atoms with Crippen molar-refractivity contribution in [3.8, 4) is 0 Å². The molecule has 4 heteroatoms. The number of aliphatic hydroxyl groups is 1. The molecule has 0 aliphatic heterocycles. The van der Waals surface area contributed by atoms with Crippen LogP contribution in [0.1, 0.15) is 42.7 Å². The molecule has 0 saturated heterocycles. The molecular formula is C21H31NO3. The molecule has 0 spiro atoms. The Labute approximate surface area is 151 Å². The first-order valence-corrected chi connectivity index (χ1v) is 9.08. The predicted octanol–water partition coefficient (Wildman–Crippen LogP) is 4.07. The standard InChI is InChI=1S/C21H31NO3/c1-5-18(4)22(12-19-9-8-16(2)11-17(19)3)13-20(23)14-24-15-21-7-6-10-25-21/h6-11,18,20,23H,5,12-15H2,1-4H3/t18-,20+/m1/s1. The molecule has 2 aromatic rings. The number of rotatable bonds is 10. The van der Waals surface area contributed by atoms with E-state index in [4.69, 9.17) is 9.15 Å². The summed E-state index contributed by atoms with van der Waals surface area (Å²) in [5, 5.41) is 10.4. The average Bonchev–Trinajstić information content (AvgIpc) is 3.09. The van der Waals surface area contributed by atoms with Crippen molar-refractivity contribution in [3.05, 3.63) is 59.0 Å². The van der Waals surface area contributed by atoms with Gasteiger partial charge in [0, 0.05) is 19.1 Å². The summed E-state index contributed by atoms with van der Waals surface area (Å²) in [6.45, 7) is 10.8. The van der Waals surface area contributed by atoms with E-state index in [1.807, 2.05) is 12.1 Å². The smallest absolute Gasteiger partial charge is 0.129 e. The van der Waals surface area contributed by atoms with Crippen LogP contribution in [0, 0.1) is 13.8 Å². The summed E-state index contributed by atoms with van der Waals surface area (Å²) < 4.78 is 10.8. The van der Waals surface area contributed by atoms with Crippen LogP contribution in [0.25, 0.3) is 0 Å². The zero-order valence-corrected chi connectivity index (χ0v) is 15.9. The fourth-order valence-electron chi connectivity index (χ4n) is 2.91. The van der Waals surface area contributed by atoms with Crippen molar-refractivity contribution in [3.63, 3.8) is 0 Å². The van der Waals surface area contributed by atoms with Crippen molar-refractivity contribution >= 4 is 0 Å². The molecule has 138 valence electrons. The summed E-state index contributed by atoms with van der Waals surface area (Å²) >= 11 is 0. The average molecular weight is 345 g/mol. The first kappa shape index (κ1) is 19.7. The molecule has 1 aromatic carbocycles. The third-order valence-corrected chi connectivity index (χ3v) is 4.67. The quantitative estimate of drug-likeness (QED) is 0.705. The molecule has 0 aliphatic rings. The molecule has 0 saturated carbocycles. The third kappa shape index (κ3) is 6.31. The van der Waals surface area contributed by atoms with Crippen LogP contribution in [0.3, 0.4) is 0 Å². The highest BCUT2D eigenvalue weighted by Gasteiger charge is 2.18. The fourth-order valence-corrected chi connectivity index (χ4v) is 2.91. The van der Waals surface area contributed by atoms with Gasteiger partial charge in [-0.2, -0.15) is 0 Å². The van der Waals surface area contributed by atoms with E-state index in [0.717, 1.165) is 18.7 Å². The minimum absolute atomic E-state index is 0.306. The van der Waals surface area contributed by atoms with E-state index in [-0.39, 0.29) is 0 Å². The molecular weight excluding hydrogens is 314 g/mol. The summed E-state index contributed by atoms with van der Waals surface area (Å²) in [5.74, 6) is 0.779. The molecule has 2 rings (SSSR count). The number of hydrogen-bond acceptors (Lipinski definition) is 4. The molecule has 2 atom stereocenters. The fraction of sp³-hybridized carbons (Fsp3) is 0.524. The Morgan fingerprint density at radius 1 is 1.24 bits per heavy atom. The summed E-state index contributed by atoms with van der Waals surface area (Å²) in [5.41, 5.74) is 3.90. The SMILES string of the molecule is CC[C@@H](C)N(Cc1ccc(C)cc1C)C[C@H](O)COCc1ccco1. The van der Waals surface area contributed by atoms with Gasteiger partial charge in [0.1, 0.15) is 12.4 Å². The summed E-state index contributed by atoms with van der Waals surface area (Å²) in [6.07, 6.45) is 2.16. The highest BCUT2D eigenvalue weighted by Crippen LogP contribution is 2.16. The van der Waals surface area contributed by atoms with E-state index in [9.17, 15) is 5.11 Å². The maximum Gasteiger partial charge on any atom is 0.129 e. The van der Waals surface area contributed by atoms with Gasteiger partial charge in [-0.15, -0.1) is 0 Å². The molecule has 1 heterocycles. The van der Waals surface area contributed by atoms with Crippen LogP contribution < -0.4 is 0 Å². The Balaban J connectivity index is 1.90.